The van der Waals surface area contributed by atoms with Gasteiger partial charge < -0.3 is 30.4 Å². The Morgan fingerprint density at radius 2 is 1.79 bits per heavy atom. The van der Waals surface area contributed by atoms with E-state index in [9.17, 15) is 19.5 Å². The number of carboxylic acid groups (broad SMARTS) is 1. The smallest absolute Gasteiger partial charge is 0.335 e. The van der Waals surface area contributed by atoms with E-state index >= 15 is 0 Å². The van der Waals surface area contributed by atoms with Crippen LogP contribution in [0.5, 0.6) is 5.75 Å². The van der Waals surface area contributed by atoms with E-state index in [1.807, 2.05) is 0 Å². The van der Waals surface area contributed by atoms with E-state index in [0.717, 1.165) is 0 Å². The lowest BCUT2D eigenvalue weighted by Crippen LogP contribution is -2.31. The first-order chi connectivity index (χ1) is 15.8. The Hall–Kier alpha value is -3.05. The number of aromatic nitrogens is 1. The van der Waals surface area contributed by atoms with E-state index < -0.39 is 17.9 Å². The van der Waals surface area contributed by atoms with Gasteiger partial charge in [0.2, 0.25) is 0 Å². The average molecular weight is 509 g/mol. The minimum Gasteiger partial charge on any atom is -0.484 e. The number of carbonyl (C=O) groups is 3. The van der Waals surface area contributed by atoms with Crippen molar-refractivity contribution in [2.45, 2.75) is 18.9 Å². The highest BCUT2D eigenvalue weighted by Gasteiger charge is 2.18. The maximum absolute atomic E-state index is 12.7. The maximum atomic E-state index is 12.7. The van der Waals surface area contributed by atoms with Gasteiger partial charge in [-0.25, -0.2) is 4.79 Å². The molecule has 0 aliphatic rings. The lowest BCUT2D eigenvalue weighted by molar-refractivity contribution is -0.121. The highest BCUT2D eigenvalue weighted by molar-refractivity contribution is 7.59. The largest absolute Gasteiger partial charge is 0.484 e. The van der Waals surface area contributed by atoms with Crippen molar-refractivity contribution in [3.05, 3.63) is 64.3 Å². The molecule has 0 saturated carbocycles. The SMILES string of the molecule is O=C(CCCO)COc1cc2[nH]c(C(=O)N[C@H](CO)c3ccc(C(=O)O)cc3)cc2cc1Cl.S. The van der Waals surface area contributed by atoms with Crippen molar-refractivity contribution in [3.8, 4) is 5.75 Å². The van der Waals surface area contributed by atoms with Crippen LogP contribution in [-0.4, -0.2) is 57.8 Å². The van der Waals surface area contributed by atoms with Gasteiger partial charge >= 0.3 is 5.97 Å². The van der Waals surface area contributed by atoms with Crippen LogP contribution in [0, 0.1) is 0 Å². The predicted molar refractivity (Wildman–Crippen MR) is 131 cm³/mol. The molecule has 0 unspecified atom stereocenters. The predicted octanol–water partition coefficient (Wildman–Crippen LogP) is 2.82. The number of aliphatic hydroxyl groups is 2. The zero-order chi connectivity index (χ0) is 24.0. The number of ether oxygens (including phenoxy) is 1. The third-order valence-corrected chi connectivity index (χ3v) is 5.26. The van der Waals surface area contributed by atoms with E-state index in [-0.39, 0.29) is 67.5 Å². The number of rotatable bonds is 11. The van der Waals surface area contributed by atoms with Crippen molar-refractivity contribution >= 4 is 53.7 Å². The Bertz CT molecular complexity index is 1160. The molecule has 0 aliphatic heterocycles. The molecule has 5 N–H and O–H groups in total. The number of H-pyrrole nitrogens is 1. The lowest BCUT2D eigenvalue weighted by atomic mass is 10.1. The molecule has 34 heavy (non-hydrogen) atoms. The molecule has 1 atom stereocenters. The molecule has 182 valence electrons. The van der Waals surface area contributed by atoms with Gasteiger partial charge in [-0.05, 0) is 36.2 Å². The van der Waals surface area contributed by atoms with Crippen LogP contribution in [0.3, 0.4) is 0 Å². The van der Waals surface area contributed by atoms with Gasteiger partial charge in [-0.1, -0.05) is 23.7 Å². The number of aliphatic hydroxyl groups excluding tert-OH is 2. The van der Waals surface area contributed by atoms with Crippen molar-refractivity contribution in [1.82, 2.24) is 10.3 Å². The molecular formula is C23H25ClN2O7S. The third-order valence-electron chi connectivity index (χ3n) is 4.97. The Morgan fingerprint density at radius 1 is 1.09 bits per heavy atom. The number of hydrogen-bond donors (Lipinski definition) is 5. The zero-order valence-electron chi connectivity index (χ0n) is 18.0. The van der Waals surface area contributed by atoms with E-state index in [0.29, 0.717) is 22.9 Å². The molecule has 1 heterocycles. The number of nitrogens with one attached hydrogen (secondary N) is 2. The number of hydrogen-bond acceptors (Lipinski definition) is 6. The lowest BCUT2D eigenvalue weighted by Gasteiger charge is -2.16. The molecule has 9 nitrogen and oxygen atoms in total. The molecular weight excluding hydrogens is 484 g/mol. The normalized spacial score (nSPS) is 11.5. The molecule has 1 aromatic heterocycles. The Morgan fingerprint density at radius 3 is 2.41 bits per heavy atom. The van der Waals surface area contributed by atoms with Crippen LogP contribution in [0.15, 0.2) is 42.5 Å². The van der Waals surface area contributed by atoms with Crippen molar-refractivity contribution in [2.75, 3.05) is 19.8 Å². The Balaban J connectivity index is 0.00000408. The average Bonchev–Trinajstić information content (AvgIpc) is 3.22. The number of halogens is 1. The summed E-state index contributed by atoms with van der Waals surface area (Å²) in [5.74, 6) is -1.44. The number of carboxylic acids is 1. The molecule has 0 bridgehead atoms. The molecule has 0 radical (unpaired) electrons. The number of aromatic carboxylic acids is 1. The van der Waals surface area contributed by atoms with Crippen LogP contribution in [0.25, 0.3) is 10.9 Å². The highest BCUT2D eigenvalue weighted by Crippen LogP contribution is 2.30. The van der Waals surface area contributed by atoms with Crippen molar-refractivity contribution in [2.24, 2.45) is 0 Å². The Kier molecular flexibility index (Phi) is 9.94. The van der Waals surface area contributed by atoms with Crippen molar-refractivity contribution in [3.63, 3.8) is 0 Å². The summed E-state index contributed by atoms with van der Waals surface area (Å²) in [6, 6.07) is 9.89. The van der Waals surface area contributed by atoms with Crippen molar-refractivity contribution < 1.29 is 34.4 Å². The first-order valence-corrected chi connectivity index (χ1v) is 10.5. The molecule has 0 spiro atoms. The minimum absolute atomic E-state index is 0. The molecule has 0 aliphatic carbocycles. The van der Waals surface area contributed by atoms with E-state index in [2.05, 4.69) is 10.3 Å². The summed E-state index contributed by atoms with van der Waals surface area (Å²) >= 11 is 6.24. The summed E-state index contributed by atoms with van der Waals surface area (Å²) in [5, 5.41) is 31.1. The summed E-state index contributed by atoms with van der Waals surface area (Å²) in [4.78, 5) is 38.5. The van der Waals surface area contributed by atoms with Gasteiger partial charge in [-0.3, -0.25) is 9.59 Å². The third kappa shape index (κ3) is 6.73. The standard InChI is InChI=1S/C23H23ClN2O7.H2S/c24-17-8-15-9-19(25-18(15)10-21(17)33-12-16(29)2-1-7-27)22(30)26-20(11-28)13-3-5-14(6-4-13)23(31)32;/h3-6,8-10,20,25,27-28H,1-2,7,11-12H2,(H,26,30)(H,31,32);1H2/t20-;/m1./s1. The topological polar surface area (TPSA) is 149 Å². The van der Waals surface area contributed by atoms with Crippen LogP contribution >= 0.6 is 25.1 Å². The van der Waals surface area contributed by atoms with Gasteiger partial charge in [-0.15, -0.1) is 0 Å². The van der Waals surface area contributed by atoms with Gasteiger partial charge in [-0.2, -0.15) is 13.5 Å². The van der Waals surface area contributed by atoms with Crippen LogP contribution in [-0.2, 0) is 4.79 Å². The molecule has 3 aromatic rings. The summed E-state index contributed by atoms with van der Waals surface area (Å²) in [6.45, 7) is -0.638. The fraction of sp³-hybridized carbons (Fsp3) is 0.261. The minimum atomic E-state index is -1.07. The van der Waals surface area contributed by atoms with Crippen LogP contribution < -0.4 is 10.1 Å². The second-order valence-electron chi connectivity index (χ2n) is 7.34. The summed E-state index contributed by atoms with van der Waals surface area (Å²) in [6.07, 6.45) is 0.566. The second-order valence-corrected chi connectivity index (χ2v) is 7.75. The molecule has 0 fully saturated rings. The van der Waals surface area contributed by atoms with Crippen LogP contribution in [0.1, 0.15) is 45.3 Å². The Labute approximate surface area is 207 Å². The quantitative estimate of drug-likeness (QED) is 0.267. The number of amides is 1. The first kappa shape index (κ1) is 27.2. The van der Waals surface area contributed by atoms with Crippen molar-refractivity contribution in [1.29, 1.82) is 0 Å². The number of aromatic amines is 1. The highest BCUT2D eigenvalue weighted by atomic mass is 35.5. The number of carbonyl (C=O) groups excluding carboxylic acids is 2. The van der Waals surface area contributed by atoms with E-state index in [1.54, 1.807) is 18.2 Å². The number of Topliss-reactive ketones (excluding diaryl/α,β-unsaturated/α-hetero) is 1. The van der Waals surface area contributed by atoms with Crippen LogP contribution in [0.4, 0.5) is 0 Å². The zero-order valence-corrected chi connectivity index (χ0v) is 19.8. The monoisotopic (exact) mass is 508 g/mol. The van der Waals surface area contributed by atoms with Gasteiger partial charge in [0.05, 0.1) is 23.2 Å². The van der Waals surface area contributed by atoms with Gasteiger partial charge in [0, 0.05) is 30.0 Å². The fourth-order valence-electron chi connectivity index (χ4n) is 3.20. The van der Waals surface area contributed by atoms with Gasteiger partial charge in [0.15, 0.2) is 5.78 Å². The number of fused-ring (bicyclic) bond motifs is 1. The molecule has 11 heteroatoms. The molecule has 3 rings (SSSR count). The molecule has 0 saturated heterocycles. The summed E-state index contributed by atoms with van der Waals surface area (Å²) < 4.78 is 5.48. The van der Waals surface area contributed by atoms with E-state index in [4.69, 9.17) is 26.6 Å². The summed E-state index contributed by atoms with van der Waals surface area (Å²) in [5.41, 5.74) is 1.44. The summed E-state index contributed by atoms with van der Waals surface area (Å²) in [7, 11) is 0. The second kappa shape index (κ2) is 12.4. The fourth-order valence-corrected chi connectivity index (χ4v) is 3.43. The number of benzene rings is 2. The molecule has 2 aromatic carbocycles. The van der Waals surface area contributed by atoms with Crippen LogP contribution in [0.2, 0.25) is 5.02 Å². The number of ketones is 1. The first-order valence-electron chi connectivity index (χ1n) is 10.1. The maximum Gasteiger partial charge on any atom is 0.335 e. The van der Waals surface area contributed by atoms with Gasteiger partial charge in [0.25, 0.3) is 5.91 Å². The van der Waals surface area contributed by atoms with Gasteiger partial charge in [0.1, 0.15) is 18.1 Å². The van der Waals surface area contributed by atoms with E-state index in [1.165, 1.54) is 24.3 Å². The molecule has 1 amide bonds.